The van der Waals surface area contributed by atoms with Crippen LogP contribution < -0.4 is 5.73 Å². The zero-order valence-corrected chi connectivity index (χ0v) is 44.8. The molecule has 17 heteroatoms. The molecule has 12 saturated carbocycles. The number of rotatable bonds is 26. The van der Waals surface area contributed by atoms with Gasteiger partial charge in [-0.2, -0.15) is 0 Å². The van der Waals surface area contributed by atoms with E-state index >= 15 is 0 Å². The number of carbonyl (C=O) groups excluding carboxylic acids is 8. The summed E-state index contributed by atoms with van der Waals surface area (Å²) in [6.07, 6.45) is 31.9. The molecule has 0 spiro atoms. The fourth-order valence-corrected chi connectivity index (χ4v) is 17.7. The fraction of sp³-hybridized carbons (Fsp3) is 0.864. The molecule has 2 saturated heterocycles. The minimum atomic E-state index is -0.804. The minimum Gasteiger partial charge on any atom is -0.355 e. The smallest absolute Gasteiger partial charge is 0.335 e. The number of hydroxylamine groups is 4. The highest BCUT2D eigenvalue weighted by Gasteiger charge is 2.52. The zero-order chi connectivity index (χ0) is 52.6. The van der Waals surface area contributed by atoms with Gasteiger partial charge in [0.2, 0.25) is 0 Å². The van der Waals surface area contributed by atoms with Crippen LogP contribution in [0, 0.1) is 69.5 Å². The average Bonchev–Trinajstić information content (AvgIpc) is 3.88. The molecular weight excluding hydrogens is 975 g/mol. The molecule has 14 aliphatic rings. The molecule has 0 radical (unpaired) electrons. The molecule has 2 aliphatic heterocycles. The molecule has 0 unspecified atom stereocenters. The van der Waals surface area contributed by atoms with Gasteiger partial charge < -0.3 is 34.4 Å². The quantitative estimate of drug-likeness (QED) is 0.0485. The highest BCUT2D eigenvalue weighted by atomic mass is 16.7. The van der Waals surface area contributed by atoms with Crippen LogP contribution in [0.2, 0.25) is 0 Å². The molecule has 2 heterocycles. The molecule has 14 fully saturated rings. The summed E-state index contributed by atoms with van der Waals surface area (Å²) in [5, 5.41) is 0.889. The van der Waals surface area contributed by atoms with E-state index in [0.717, 1.165) is 79.1 Å². The highest BCUT2D eigenvalue weighted by molar-refractivity contribution is 6.02. The fourth-order valence-electron chi connectivity index (χ4n) is 17.7. The number of hydrogen-bond donors (Lipinski definition) is 1. The molecule has 76 heavy (non-hydrogen) atoms. The summed E-state index contributed by atoms with van der Waals surface area (Å²) in [5.74, 6) is 5.88. The molecule has 0 aromatic carbocycles. The van der Waals surface area contributed by atoms with E-state index in [2.05, 4.69) is 9.68 Å². The Morgan fingerprint density at radius 3 is 1.03 bits per heavy atom. The van der Waals surface area contributed by atoms with Crippen LogP contribution >= 0.6 is 0 Å². The van der Waals surface area contributed by atoms with Crippen LogP contribution in [-0.4, -0.2) is 104 Å². The first kappa shape index (κ1) is 58.5. The van der Waals surface area contributed by atoms with Gasteiger partial charge in [-0.3, -0.25) is 28.8 Å². The lowest BCUT2D eigenvalue weighted by molar-refractivity contribution is -0.199. The van der Waals surface area contributed by atoms with E-state index in [4.69, 9.17) is 24.7 Å². The molecule has 14 rings (SSSR count). The first-order valence-corrected chi connectivity index (χ1v) is 29.3. The number of amides is 4. The Morgan fingerprint density at radius 2 is 0.697 bits per heavy atom. The Balaban J connectivity index is 0.000000167. The number of carbonyl (C=O) groups is 8. The molecule has 2 N–H and O–H groups in total. The molecule has 12 aliphatic carbocycles. The number of ketones is 2. The van der Waals surface area contributed by atoms with Crippen LogP contribution in [0.4, 0.5) is 0 Å². The Bertz CT molecular complexity index is 1880. The van der Waals surface area contributed by atoms with Crippen LogP contribution in [0.5, 0.6) is 0 Å². The largest absolute Gasteiger partial charge is 0.355 e. The van der Waals surface area contributed by atoms with Gasteiger partial charge >= 0.3 is 11.9 Å². The van der Waals surface area contributed by atoms with Crippen molar-refractivity contribution in [2.24, 2.45) is 75.2 Å². The van der Waals surface area contributed by atoms with Crippen molar-refractivity contribution in [2.75, 3.05) is 46.6 Å². The van der Waals surface area contributed by atoms with Crippen molar-refractivity contribution >= 4 is 47.1 Å². The van der Waals surface area contributed by atoms with Gasteiger partial charge in [0.05, 0.1) is 39.3 Å². The van der Waals surface area contributed by atoms with Gasteiger partial charge in [-0.1, -0.05) is 7.43 Å². The molecule has 426 valence electrons. The van der Waals surface area contributed by atoms with Crippen molar-refractivity contribution in [1.29, 1.82) is 0 Å². The monoisotopic (exact) mass is 1070 g/mol. The highest BCUT2D eigenvalue weighted by Crippen LogP contribution is 2.63. The summed E-state index contributed by atoms with van der Waals surface area (Å²) in [6.45, 7) is 1.64. The first-order chi connectivity index (χ1) is 36.1. The maximum atomic E-state index is 12.4. The van der Waals surface area contributed by atoms with Crippen molar-refractivity contribution in [1.82, 2.24) is 10.1 Å². The van der Waals surface area contributed by atoms with Crippen molar-refractivity contribution in [3.05, 3.63) is 0 Å². The first-order valence-electron chi connectivity index (χ1n) is 29.3. The van der Waals surface area contributed by atoms with Gasteiger partial charge in [-0.25, -0.2) is 9.59 Å². The Morgan fingerprint density at radius 1 is 0.408 bits per heavy atom. The topological polar surface area (TPSA) is 224 Å². The summed E-state index contributed by atoms with van der Waals surface area (Å²) in [6, 6.07) is 0. The number of imide groups is 2. The number of nitrogens with two attached hydrogens (primary N) is 1. The number of nitrogens with zero attached hydrogens (tertiary/aromatic N) is 2. The van der Waals surface area contributed by atoms with E-state index in [1.807, 2.05) is 0 Å². The molecule has 0 aromatic heterocycles. The standard InChI is InChI=1S/C32H50O4.C15H18N2O10.C11H19N.CH4/c33-29(2-1-6-31-16-23-10-24(17-31)12-25(11-23)18-31)4-8-35-22-36-9-5-30(34)3-7-32-19-26-13-27(20-32)15-28(14-26)21-32;18-10-1-2-11(19)16(10)26-14(22)5-7-24-9-25-8-6-15(23)27-17-12(20)3-4-13(17)21;12-7-11-4-8-1-9(5-11)3-10(2-8)6-11;/h23-28H,1-22H2;1-9H2;8-10H,1-7,12H2;1H4. The maximum Gasteiger partial charge on any atom is 0.335 e. The lowest BCUT2D eigenvalue weighted by atomic mass is 9.48. The van der Waals surface area contributed by atoms with Gasteiger partial charge in [0.25, 0.3) is 23.6 Å². The van der Waals surface area contributed by atoms with Crippen LogP contribution in [0.1, 0.15) is 206 Å². The van der Waals surface area contributed by atoms with Gasteiger partial charge in [-0.05, 0) is 211 Å². The summed E-state index contributed by atoms with van der Waals surface area (Å²) in [7, 11) is 0. The molecular formula is C59H91N3O14. The van der Waals surface area contributed by atoms with E-state index in [0.29, 0.717) is 70.4 Å². The average molecular weight is 1070 g/mol. The molecule has 17 nitrogen and oxygen atoms in total. The maximum absolute atomic E-state index is 12.4. The van der Waals surface area contributed by atoms with Crippen molar-refractivity contribution < 1.29 is 67.0 Å². The van der Waals surface area contributed by atoms with E-state index < -0.39 is 35.6 Å². The number of ether oxygens (including phenoxy) is 4. The normalized spacial score (nSPS) is 34.7. The van der Waals surface area contributed by atoms with E-state index in [1.165, 1.54) is 122 Å². The van der Waals surface area contributed by atoms with Crippen LogP contribution in [-0.2, 0) is 67.0 Å². The summed E-state index contributed by atoms with van der Waals surface area (Å²) < 4.78 is 21.1. The predicted octanol–water partition coefficient (Wildman–Crippen LogP) is 9.05. The summed E-state index contributed by atoms with van der Waals surface area (Å²) >= 11 is 0. The predicted molar refractivity (Wildman–Crippen MR) is 277 cm³/mol. The van der Waals surface area contributed by atoms with Crippen molar-refractivity contribution in [3.8, 4) is 0 Å². The van der Waals surface area contributed by atoms with E-state index in [9.17, 15) is 38.4 Å². The van der Waals surface area contributed by atoms with E-state index in [1.54, 1.807) is 0 Å². The Hall–Kier alpha value is -3.64. The van der Waals surface area contributed by atoms with Crippen molar-refractivity contribution in [3.63, 3.8) is 0 Å². The third kappa shape index (κ3) is 15.6. The second kappa shape index (κ2) is 26.5. The Labute approximate surface area is 451 Å². The van der Waals surface area contributed by atoms with Crippen molar-refractivity contribution in [2.45, 2.75) is 206 Å². The van der Waals surface area contributed by atoms with Gasteiger partial charge in [-0.15, -0.1) is 10.1 Å². The third-order valence-corrected chi connectivity index (χ3v) is 19.7. The summed E-state index contributed by atoms with van der Waals surface area (Å²) in [4.78, 5) is 102. The number of hydrogen-bond acceptors (Lipinski definition) is 15. The van der Waals surface area contributed by atoms with E-state index in [-0.39, 0.29) is 72.8 Å². The van der Waals surface area contributed by atoms with Crippen LogP contribution in [0.15, 0.2) is 0 Å². The molecule has 4 amide bonds. The molecule has 12 bridgehead atoms. The Kier molecular flexibility index (Phi) is 20.4. The van der Waals surface area contributed by atoms with Crippen LogP contribution in [0.25, 0.3) is 0 Å². The molecule has 0 atom stereocenters. The molecule has 0 aromatic rings. The lowest BCUT2D eigenvalue weighted by Crippen LogP contribution is -2.49. The van der Waals surface area contributed by atoms with Gasteiger partial charge in [0.1, 0.15) is 25.2 Å². The van der Waals surface area contributed by atoms with Crippen LogP contribution in [0.3, 0.4) is 0 Å². The lowest BCUT2D eigenvalue weighted by Gasteiger charge is -2.57. The van der Waals surface area contributed by atoms with Gasteiger partial charge in [0.15, 0.2) is 0 Å². The van der Waals surface area contributed by atoms with Gasteiger partial charge in [0, 0.05) is 51.4 Å². The third-order valence-electron chi connectivity index (χ3n) is 19.7. The SMILES string of the molecule is C.NCC12CC3CC(CC(C3)C1)C2.O=C(CCCC12CC3CC(CC(C3)C1)C2)CCOCOCCC(=O)CCC12CC3CC(CC(C3)C1)C2.O=C(CCOCOCCC(=O)ON1C(=O)CCC1=O)ON1C(=O)CCC1=O. The second-order valence-electron chi connectivity index (χ2n) is 25.8. The second-order valence-corrected chi connectivity index (χ2v) is 25.8. The summed E-state index contributed by atoms with van der Waals surface area (Å²) in [5.41, 5.74) is 7.63. The number of Topliss-reactive ketones (excluding diaryl/α,β-unsaturated/α-hetero) is 2. The zero-order valence-electron chi connectivity index (χ0n) is 44.8. The minimum absolute atomic E-state index is 0.